The Labute approximate surface area is 87.5 Å². The summed E-state index contributed by atoms with van der Waals surface area (Å²) in [7, 11) is 0. The van der Waals surface area contributed by atoms with Crippen molar-refractivity contribution in [2.75, 3.05) is 0 Å². The molecule has 0 radical (unpaired) electrons. The van der Waals surface area contributed by atoms with Gasteiger partial charge in [-0.15, -0.1) is 0 Å². The second-order valence-electron chi connectivity index (χ2n) is 3.44. The van der Waals surface area contributed by atoms with Crippen molar-refractivity contribution in [2.24, 2.45) is 0 Å². The van der Waals surface area contributed by atoms with E-state index in [2.05, 4.69) is 28.8 Å². The van der Waals surface area contributed by atoms with Gasteiger partial charge in [-0.05, 0) is 18.6 Å². The molecule has 4 heteroatoms. The van der Waals surface area contributed by atoms with Gasteiger partial charge in [0.05, 0.1) is 5.52 Å². The molecule has 0 bridgehead atoms. The van der Waals surface area contributed by atoms with Crippen LogP contribution in [0.4, 0.5) is 0 Å². The van der Waals surface area contributed by atoms with E-state index in [-0.39, 0.29) is 0 Å². The summed E-state index contributed by atoms with van der Waals surface area (Å²) in [6.45, 7) is 4.28. The molecule has 14 heavy (non-hydrogen) atoms. The maximum Gasteiger partial charge on any atom is 0.179 e. The molecule has 1 N–H and O–H groups in total. The lowest BCUT2D eigenvalue weighted by Gasteiger charge is -2.01. The Morgan fingerprint density at radius 1 is 1.43 bits per heavy atom. The molecule has 1 atom stereocenters. The lowest BCUT2D eigenvalue weighted by atomic mass is 10.1. The topological polar surface area (TPSA) is 41.6 Å². The first-order chi connectivity index (χ1) is 6.70. The number of pyridine rings is 1. The number of hydrogen-bond acceptors (Lipinski definition) is 2. The van der Waals surface area contributed by atoms with Gasteiger partial charge >= 0.3 is 0 Å². The smallest absolute Gasteiger partial charge is 0.179 e. The van der Waals surface area contributed by atoms with Crippen LogP contribution in [0.1, 0.15) is 32.0 Å². The van der Waals surface area contributed by atoms with Gasteiger partial charge in [0, 0.05) is 5.92 Å². The van der Waals surface area contributed by atoms with Crippen molar-refractivity contribution in [2.45, 2.75) is 26.2 Å². The third kappa shape index (κ3) is 1.60. The number of imidazole rings is 1. The number of H-pyrrole nitrogens is 1. The van der Waals surface area contributed by atoms with Crippen LogP contribution >= 0.6 is 11.6 Å². The standard InChI is InChI=1S/C10H12ClN3/c1-3-6(2)9-12-7-4-5-8(11)13-10(7)14-9/h4-6H,3H2,1-2H3,(H,12,13,14). The van der Waals surface area contributed by atoms with E-state index >= 15 is 0 Å². The Morgan fingerprint density at radius 2 is 2.21 bits per heavy atom. The Balaban J connectivity index is 2.51. The minimum Gasteiger partial charge on any atom is -0.340 e. The quantitative estimate of drug-likeness (QED) is 0.773. The van der Waals surface area contributed by atoms with Crippen molar-refractivity contribution in [3.8, 4) is 0 Å². The van der Waals surface area contributed by atoms with Crippen LogP contribution in [0.3, 0.4) is 0 Å². The fraction of sp³-hybridized carbons (Fsp3) is 0.400. The van der Waals surface area contributed by atoms with E-state index in [1.807, 2.05) is 6.07 Å². The zero-order valence-electron chi connectivity index (χ0n) is 8.21. The van der Waals surface area contributed by atoms with Crippen LogP contribution in [0, 0.1) is 0 Å². The van der Waals surface area contributed by atoms with E-state index in [0.717, 1.165) is 17.8 Å². The largest absolute Gasteiger partial charge is 0.340 e. The van der Waals surface area contributed by atoms with Gasteiger partial charge in [-0.25, -0.2) is 9.97 Å². The van der Waals surface area contributed by atoms with Crippen molar-refractivity contribution in [3.05, 3.63) is 23.1 Å². The number of aromatic amines is 1. The van der Waals surface area contributed by atoms with Crippen LogP contribution in [0.2, 0.25) is 5.15 Å². The second-order valence-corrected chi connectivity index (χ2v) is 3.82. The van der Waals surface area contributed by atoms with Crippen molar-refractivity contribution in [1.29, 1.82) is 0 Å². The number of fused-ring (bicyclic) bond motifs is 1. The molecule has 1 unspecified atom stereocenters. The molecule has 0 aromatic carbocycles. The Morgan fingerprint density at radius 3 is 2.93 bits per heavy atom. The summed E-state index contributed by atoms with van der Waals surface area (Å²) in [5, 5.41) is 0.486. The van der Waals surface area contributed by atoms with E-state index in [1.54, 1.807) is 6.07 Å². The van der Waals surface area contributed by atoms with Crippen molar-refractivity contribution < 1.29 is 0 Å². The number of halogens is 1. The highest BCUT2D eigenvalue weighted by Crippen LogP contribution is 2.19. The summed E-state index contributed by atoms with van der Waals surface area (Å²) in [4.78, 5) is 11.8. The molecular weight excluding hydrogens is 198 g/mol. The number of hydrogen-bond donors (Lipinski definition) is 1. The molecule has 0 spiro atoms. The van der Waals surface area contributed by atoms with Gasteiger partial charge in [-0.2, -0.15) is 0 Å². The van der Waals surface area contributed by atoms with Gasteiger partial charge in [0.15, 0.2) is 5.65 Å². The molecule has 0 amide bonds. The van der Waals surface area contributed by atoms with Crippen LogP contribution in [0.5, 0.6) is 0 Å². The maximum atomic E-state index is 5.78. The predicted octanol–water partition coefficient (Wildman–Crippen LogP) is 3.12. The fourth-order valence-corrected chi connectivity index (χ4v) is 1.46. The fourth-order valence-electron chi connectivity index (χ4n) is 1.31. The molecule has 0 saturated carbocycles. The first kappa shape index (κ1) is 9.46. The first-order valence-corrected chi connectivity index (χ1v) is 5.10. The van der Waals surface area contributed by atoms with Crippen molar-refractivity contribution in [3.63, 3.8) is 0 Å². The zero-order valence-corrected chi connectivity index (χ0v) is 8.97. The van der Waals surface area contributed by atoms with Gasteiger partial charge in [-0.3, -0.25) is 0 Å². The molecular formula is C10H12ClN3. The van der Waals surface area contributed by atoms with E-state index in [4.69, 9.17) is 11.6 Å². The highest BCUT2D eigenvalue weighted by molar-refractivity contribution is 6.29. The van der Waals surface area contributed by atoms with E-state index in [1.165, 1.54) is 0 Å². The highest BCUT2D eigenvalue weighted by atomic mass is 35.5. The van der Waals surface area contributed by atoms with E-state index < -0.39 is 0 Å². The molecule has 74 valence electrons. The summed E-state index contributed by atoms with van der Waals surface area (Å²) < 4.78 is 0. The van der Waals surface area contributed by atoms with Crippen LogP contribution in [-0.2, 0) is 0 Å². The Kier molecular flexibility index (Phi) is 2.42. The SMILES string of the molecule is CCC(C)c1nc2nc(Cl)ccc2[nH]1. The monoisotopic (exact) mass is 209 g/mol. The molecule has 0 saturated heterocycles. The number of nitrogens with zero attached hydrogens (tertiary/aromatic N) is 2. The highest BCUT2D eigenvalue weighted by Gasteiger charge is 2.09. The van der Waals surface area contributed by atoms with Crippen LogP contribution < -0.4 is 0 Å². The molecule has 0 fully saturated rings. The minimum atomic E-state index is 0.433. The normalized spacial score (nSPS) is 13.4. The summed E-state index contributed by atoms with van der Waals surface area (Å²) in [6, 6.07) is 3.67. The van der Waals surface area contributed by atoms with E-state index in [9.17, 15) is 0 Å². The Hall–Kier alpha value is -1.09. The number of rotatable bonds is 2. The molecule has 0 aliphatic heterocycles. The average Bonchev–Trinajstić information content (AvgIpc) is 2.59. The van der Waals surface area contributed by atoms with Gasteiger partial charge < -0.3 is 4.98 Å². The van der Waals surface area contributed by atoms with Crippen LogP contribution in [-0.4, -0.2) is 15.0 Å². The van der Waals surface area contributed by atoms with Crippen LogP contribution in [0.25, 0.3) is 11.2 Å². The van der Waals surface area contributed by atoms with Crippen LogP contribution in [0.15, 0.2) is 12.1 Å². The maximum absolute atomic E-state index is 5.78. The zero-order chi connectivity index (χ0) is 10.1. The summed E-state index contributed by atoms with van der Waals surface area (Å²) >= 11 is 5.78. The molecule has 2 heterocycles. The van der Waals surface area contributed by atoms with Crippen molar-refractivity contribution in [1.82, 2.24) is 15.0 Å². The summed E-state index contributed by atoms with van der Waals surface area (Å²) in [5.41, 5.74) is 1.65. The second kappa shape index (κ2) is 3.58. The Bertz CT molecular complexity index is 450. The third-order valence-corrected chi connectivity index (χ3v) is 2.62. The third-order valence-electron chi connectivity index (χ3n) is 2.41. The summed E-state index contributed by atoms with van der Waals surface area (Å²) in [5.74, 6) is 1.42. The van der Waals surface area contributed by atoms with Gasteiger partial charge in [0.1, 0.15) is 11.0 Å². The van der Waals surface area contributed by atoms with Gasteiger partial charge in [0.25, 0.3) is 0 Å². The minimum absolute atomic E-state index is 0.433. The number of nitrogens with one attached hydrogen (secondary N) is 1. The van der Waals surface area contributed by atoms with E-state index in [0.29, 0.717) is 16.7 Å². The lowest BCUT2D eigenvalue weighted by Crippen LogP contribution is -1.93. The molecule has 0 aliphatic rings. The predicted molar refractivity (Wildman–Crippen MR) is 57.6 cm³/mol. The first-order valence-electron chi connectivity index (χ1n) is 4.73. The lowest BCUT2D eigenvalue weighted by molar-refractivity contribution is 0.691. The molecule has 2 rings (SSSR count). The molecule has 2 aromatic heterocycles. The van der Waals surface area contributed by atoms with Gasteiger partial charge in [-0.1, -0.05) is 25.4 Å². The van der Waals surface area contributed by atoms with Gasteiger partial charge in [0.2, 0.25) is 0 Å². The van der Waals surface area contributed by atoms with Crippen molar-refractivity contribution >= 4 is 22.8 Å². The molecule has 3 nitrogen and oxygen atoms in total. The summed E-state index contributed by atoms with van der Waals surface area (Å²) in [6.07, 6.45) is 1.06. The average molecular weight is 210 g/mol. The molecule has 2 aromatic rings. The molecule has 0 aliphatic carbocycles. The number of aromatic nitrogens is 3.